The zero-order chi connectivity index (χ0) is 23.5. The molecule has 1 heterocycles. The van der Waals surface area contributed by atoms with Crippen LogP contribution in [0.4, 0.5) is 4.39 Å². The highest BCUT2D eigenvalue weighted by molar-refractivity contribution is 7.92. The van der Waals surface area contributed by atoms with E-state index in [1.54, 1.807) is 30.3 Å². The summed E-state index contributed by atoms with van der Waals surface area (Å²) < 4.78 is 38.6. The number of halogens is 1. The Morgan fingerprint density at radius 3 is 2.50 bits per heavy atom. The molecule has 0 aliphatic heterocycles. The third-order valence-corrected chi connectivity index (χ3v) is 7.39. The number of fused-ring (bicyclic) bond motifs is 1. The molecular weight excluding hydrogens is 437 g/mol. The van der Waals surface area contributed by atoms with E-state index in [2.05, 4.69) is 16.9 Å². The predicted octanol–water partition coefficient (Wildman–Crippen LogP) is 1.77. The van der Waals surface area contributed by atoms with E-state index in [1.807, 2.05) is 0 Å². The Morgan fingerprint density at radius 1 is 1.22 bits per heavy atom. The molecule has 0 aliphatic carbocycles. The van der Waals surface area contributed by atoms with E-state index in [-0.39, 0.29) is 30.5 Å². The predicted molar refractivity (Wildman–Crippen MR) is 116 cm³/mol. The number of aliphatic hydroxyl groups is 1. The van der Waals surface area contributed by atoms with Gasteiger partial charge in [0.05, 0.1) is 23.1 Å². The number of aryl methyl sites for hydroxylation is 1. The molecule has 2 aromatic carbocycles. The first kappa shape index (κ1) is 23.4. The van der Waals surface area contributed by atoms with Crippen molar-refractivity contribution >= 4 is 26.6 Å². The van der Waals surface area contributed by atoms with Gasteiger partial charge in [0.1, 0.15) is 5.82 Å². The molecule has 0 bridgehead atoms. The van der Waals surface area contributed by atoms with E-state index in [9.17, 15) is 17.6 Å². The minimum absolute atomic E-state index is 0.00330. The minimum atomic E-state index is -3.85. The molecule has 8 nitrogen and oxygen atoms in total. The Labute approximate surface area is 184 Å². The summed E-state index contributed by atoms with van der Waals surface area (Å²) >= 11 is 0. The number of rotatable bonds is 6. The van der Waals surface area contributed by atoms with Crippen LogP contribution >= 0.6 is 0 Å². The first-order valence-electron chi connectivity index (χ1n) is 9.60. The summed E-state index contributed by atoms with van der Waals surface area (Å²) in [6.07, 6.45) is 2.15. The third-order valence-electron chi connectivity index (χ3n) is 5.37. The van der Waals surface area contributed by atoms with E-state index < -0.39 is 26.3 Å². The first-order chi connectivity index (χ1) is 15.1. The van der Waals surface area contributed by atoms with E-state index in [4.69, 9.17) is 10.3 Å². The number of aromatic nitrogens is 2. The summed E-state index contributed by atoms with van der Waals surface area (Å²) in [7, 11) is -3.85. The lowest BCUT2D eigenvalue weighted by atomic mass is 10.1. The number of hydroxylamine groups is 1. The second-order valence-electron chi connectivity index (χ2n) is 7.55. The molecule has 3 aromatic rings. The van der Waals surface area contributed by atoms with Crippen LogP contribution in [0.1, 0.15) is 30.0 Å². The van der Waals surface area contributed by atoms with Gasteiger partial charge >= 0.3 is 0 Å². The number of amides is 1. The number of hydrogen-bond acceptors (Lipinski definition) is 6. The van der Waals surface area contributed by atoms with Crippen molar-refractivity contribution in [1.82, 2.24) is 15.3 Å². The van der Waals surface area contributed by atoms with Crippen LogP contribution in [-0.2, 0) is 27.8 Å². The summed E-state index contributed by atoms with van der Waals surface area (Å²) in [5, 5.41) is 22.4. The van der Waals surface area contributed by atoms with Crippen molar-refractivity contribution in [1.29, 1.82) is 0 Å². The SMILES string of the molecule is C[C@@](CCn1cc2c(F)c(C#Cc3ccc(CO)cc3)ccc2n1)(C(=O)NO)S(C)(=O)=O. The lowest BCUT2D eigenvalue weighted by Gasteiger charge is -2.24. The molecule has 3 N–H and O–H groups in total. The smallest absolute Gasteiger partial charge is 0.264 e. The number of sulfone groups is 1. The topological polar surface area (TPSA) is 122 Å². The van der Waals surface area contributed by atoms with Gasteiger partial charge in [0.25, 0.3) is 5.91 Å². The molecule has 1 atom stereocenters. The summed E-state index contributed by atoms with van der Waals surface area (Å²) in [5.41, 5.74) is 3.33. The quantitative estimate of drug-likeness (QED) is 0.293. The monoisotopic (exact) mass is 459 g/mol. The Bertz CT molecular complexity index is 1320. The van der Waals surface area contributed by atoms with Crippen LogP contribution < -0.4 is 5.48 Å². The molecule has 1 aromatic heterocycles. The van der Waals surface area contributed by atoms with Crippen molar-refractivity contribution in [2.45, 2.75) is 31.2 Å². The number of carbonyl (C=O) groups is 1. The normalized spacial score (nSPS) is 13.3. The molecule has 0 unspecified atom stereocenters. The number of carbonyl (C=O) groups excluding carboxylic acids is 1. The lowest BCUT2D eigenvalue weighted by Crippen LogP contribution is -2.49. The molecule has 0 aliphatic rings. The number of benzene rings is 2. The Balaban J connectivity index is 1.86. The maximum Gasteiger partial charge on any atom is 0.264 e. The average Bonchev–Trinajstić information content (AvgIpc) is 3.20. The van der Waals surface area contributed by atoms with Crippen molar-refractivity contribution in [2.24, 2.45) is 0 Å². The molecule has 0 saturated heterocycles. The van der Waals surface area contributed by atoms with Gasteiger partial charge in [0.2, 0.25) is 0 Å². The molecule has 0 saturated carbocycles. The van der Waals surface area contributed by atoms with Gasteiger partial charge in [0, 0.05) is 24.6 Å². The van der Waals surface area contributed by atoms with Crippen LogP contribution in [0.15, 0.2) is 42.6 Å². The van der Waals surface area contributed by atoms with Crippen LogP contribution in [0.2, 0.25) is 0 Å². The summed E-state index contributed by atoms with van der Waals surface area (Å²) in [6.45, 7) is 1.14. The van der Waals surface area contributed by atoms with Crippen molar-refractivity contribution in [3.63, 3.8) is 0 Å². The van der Waals surface area contributed by atoms with E-state index in [0.717, 1.165) is 11.8 Å². The number of hydrogen-bond donors (Lipinski definition) is 3. The van der Waals surface area contributed by atoms with E-state index >= 15 is 0 Å². The van der Waals surface area contributed by atoms with Crippen molar-refractivity contribution in [3.05, 3.63) is 65.1 Å². The number of nitrogens with zero attached hydrogens (tertiary/aromatic N) is 2. The van der Waals surface area contributed by atoms with Gasteiger partial charge in [-0.15, -0.1) is 0 Å². The van der Waals surface area contributed by atoms with Crippen molar-refractivity contribution in [2.75, 3.05) is 6.26 Å². The van der Waals surface area contributed by atoms with E-state index in [0.29, 0.717) is 11.1 Å². The van der Waals surface area contributed by atoms with Gasteiger partial charge < -0.3 is 5.11 Å². The zero-order valence-electron chi connectivity index (χ0n) is 17.5. The van der Waals surface area contributed by atoms with Gasteiger partial charge in [-0.05, 0) is 43.2 Å². The van der Waals surface area contributed by atoms with Crippen LogP contribution in [-0.4, -0.2) is 45.4 Å². The molecule has 0 radical (unpaired) electrons. The molecule has 0 fully saturated rings. The lowest BCUT2D eigenvalue weighted by molar-refractivity contribution is -0.131. The van der Waals surface area contributed by atoms with Gasteiger partial charge in [-0.2, -0.15) is 5.10 Å². The Morgan fingerprint density at radius 2 is 1.91 bits per heavy atom. The Hall–Kier alpha value is -3.26. The number of aliphatic hydroxyl groups excluding tert-OH is 1. The highest BCUT2D eigenvalue weighted by Gasteiger charge is 2.43. The summed E-state index contributed by atoms with van der Waals surface area (Å²) in [6, 6.07) is 10.0. The largest absolute Gasteiger partial charge is 0.392 e. The van der Waals surface area contributed by atoms with E-state index in [1.165, 1.54) is 29.3 Å². The van der Waals surface area contributed by atoms with Gasteiger partial charge in [0.15, 0.2) is 14.6 Å². The standard InChI is InChI=1S/C22H22FN3O5S/c1-22(21(28)25-29,32(2,30)31)11-12-26-13-18-19(24-26)10-9-17(20(18)23)8-7-15-3-5-16(14-27)6-4-15/h3-6,9-10,13,27,29H,11-12,14H2,1-2H3,(H,25,28)/t22-/m1/s1. The molecule has 0 spiro atoms. The molecule has 32 heavy (non-hydrogen) atoms. The number of nitrogens with one attached hydrogen (secondary N) is 1. The van der Waals surface area contributed by atoms with Crippen molar-refractivity contribution in [3.8, 4) is 11.8 Å². The zero-order valence-corrected chi connectivity index (χ0v) is 18.3. The maximum atomic E-state index is 15.0. The highest BCUT2D eigenvalue weighted by atomic mass is 32.2. The molecule has 1 amide bonds. The van der Waals surface area contributed by atoms with Gasteiger partial charge in [-0.3, -0.25) is 14.7 Å². The fraction of sp³-hybridized carbons (Fsp3) is 0.273. The molecule has 168 valence electrons. The summed E-state index contributed by atoms with van der Waals surface area (Å²) in [5.74, 6) is 4.04. The summed E-state index contributed by atoms with van der Waals surface area (Å²) in [4.78, 5) is 11.9. The van der Waals surface area contributed by atoms with Crippen LogP contribution in [0, 0.1) is 17.7 Å². The van der Waals surface area contributed by atoms with Crippen LogP contribution in [0.25, 0.3) is 10.9 Å². The second kappa shape index (κ2) is 9.08. The molecule has 3 rings (SSSR count). The second-order valence-corrected chi connectivity index (χ2v) is 10.00. The fourth-order valence-corrected chi connectivity index (χ4v) is 3.91. The van der Waals surface area contributed by atoms with Crippen molar-refractivity contribution < 1.29 is 27.9 Å². The third kappa shape index (κ3) is 4.65. The molecular formula is C22H22FN3O5S. The fourth-order valence-electron chi connectivity index (χ4n) is 3.07. The van der Waals surface area contributed by atoms with Crippen LogP contribution in [0.5, 0.6) is 0 Å². The van der Waals surface area contributed by atoms with Crippen LogP contribution in [0.3, 0.4) is 0 Å². The highest BCUT2D eigenvalue weighted by Crippen LogP contribution is 2.24. The first-order valence-corrected chi connectivity index (χ1v) is 11.5. The minimum Gasteiger partial charge on any atom is -0.392 e. The molecule has 10 heteroatoms. The van der Waals surface area contributed by atoms with Gasteiger partial charge in [-0.25, -0.2) is 18.3 Å². The Kier molecular flexibility index (Phi) is 6.64. The maximum absolute atomic E-state index is 15.0. The average molecular weight is 459 g/mol. The van der Waals surface area contributed by atoms with Gasteiger partial charge in [-0.1, -0.05) is 24.0 Å².